The first kappa shape index (κ1) is 21.8. The number of carbonyl (C=O) groups is 3. The Morgan fingerprint density at radius 3 is 2.29 bits per heavy atom. The minimum atomic E-state index is -0.878. The van der Waals surface area contributed by atoms with Crippen molar-refractivity contribution in [2.75, 3.05) is 5.32 Å². The maximum Gasteiger partial charge on any atom is 0.248 e. The van der Waals surface area contributed by atoms with Crippen LogP contribution in [-0.4, -0.2) is 28.7 Å². The SMILES string of the molecule is CCc1cc(Br)ccc1NC(=O)[C@H](Cc1ccccc1)N1C(=O)[C@@H]2[C@@H]3C=C[C@H]([C@H]4C[C@H]34)[C@@H]2C1=O. The summed E-state index contributed by atoms with van der Waals surface area (Å²) in [5, 5.41) is 3.04. The lowest BCUT2D eigenvalue weighted by atomic mass is 9.63. The van der Waals surface area contributed by atoms with Gasteiger partial charge in [0.05, 0.1) is 11.8 Å². The maximum absolute atomic E-state index is 13.7. The van der Waals surface area contributed by atoms with Gasteiger partial charge in [-0.2, -0.15) is 0 Å². The molecule has 7 atom stereocenters. The first-order chi connectivity index (χ1) is 16.5. The van der Waals surface area contributed by atoms with E-state index in [-0.39, 0.29) is 41.4 Å². The van der Waals surface area contributed by atoms with Crippen LogP contribution in [0.1, 0.15) is 24.5 Å². The highest BCUT2D eigenvalue weighted by atomic mass is 79.9. The van der Waals surface area contributed by atoms with E-state index in [1.165, 1.54) is 4.90 Å². The zero-order valence-corrected chi connectivity index (χ0v) is 20.6. The van der Waals surface area contributed by atoms with Gasteiger partial charge < -0.3 is 5.32 Å². The zero-order chi connectivity index (χ0) is 23.6. The molecule has 5 nitrogen and oxygen atoms in total. The van der Waals surface area contributed by atoms with Crippen LogP contribution >= 0.6 is 15.9 Å². The molecule has 0 spiro atoms. The Balaban J connectivity index is 1.34. The molecule has 1 aliphatic heterocycles. The average molecular weight is 519 g/mol. The summed E-state index contributed by atoms with van der Waals surface area (Å²) in [6.07, 6.45) is 6.50. The summed E-state index contributed by atoms with van der Waals surface area (Å²) in [6.45, 7) is 2.03. The molecule has 34 heavy (non-hydrogen) atoms. The van der Waals surface area contributed by atoms with Gasteiger partial charge in [0.1, 0.15) is 6.04 Å². The van der Waals surface area contributed by atoms with Crippen molar-refractivity contribution in [1.29, 1.82) is 0 Å². The number of hydrogen-bond donors (Lipinski definition) is 1. The molecular weight excluding hydrogens is 492 g/mol. The molecule has 3 amide bonds. The quantitative estimate of drug-likeness (QED) is 0.448. The Labute approximate surface area is 207 Å². The number of rotatable bonds is 6. The van der Waals surface area contributed by atoms with Gasteiger partial charge in [-0.3, -0.25) is 19.3 Å². The third-order valence-electron chi connectivity index (χ3n) is 8.29. The van der Waals surface area contributed by atoms with Crippen molar-refractivity contribution in [3.63, 3.8) is 0 Å². The number of nitrogens with one attached hydrogen (secondary N) is 1. The van der Waals surface area contributed by atoms with Crippen LogP contribution in [0.2, 0.25) is 0 Å². The zero-order valence-electron chi connectivity index (χ0n) is 19.0. The van der Waals surface area contributed by atoms with Crippen LogP contribution in [0, 0.1) is 35.5 Å². The Morgan fingerprint density at radius 1 is 1.03 bits per heavy atom. The second-order valence-electron chi connectivity index (χ2n) is 10.1. The minimum Gasteiger partial charge on any atom is -0.324 e. The predicted molar refractivity (Wildman–Crippen MR) is 133 cm³/mol. The predicted octanol–water partition coefficient (Wildman–Crippen LogP) is 4.61. The number of hydrogen-bond acceptors (Lipinski definition) is 3. The summed E-state index contributed by atoms with van der Waals surface area (Å²) in [5.41, 5.74) is 2.64. The fourth-order valence-corrected chi connectivity index (χ4v) is 7.03. The van der Waals surface area contributed by atoms with E-state index in [4.69, 9.17) is 0 Å². The highest BCUT2D eigenvalue weighted by Gasteiger charge is 2.67. The summed E-state index contributed by atoms with van der Waals surface area (Å²) < 4.78 is 0.943. The first-order valence-electron chi connectivity index (χ1n) is 12.2. The number of allylic oxidation sites excluding steroid dienone is 2. The molecule has 2 aromatic rings. The number of anilines is 1. The monoisotopic (exact) mass is 518 g/mol. The third-order valence-corrected chi connectivity index (χ3v) is 8.78. The van der Waals surface area contributed by atoms with Gasteiger partial charge in [-0.25, -0.2) is 0 Å². The first-order valence-corrected chi connectivity index (χ1v) is 13.0. The van der Waals surface area contributed by atoms with Crippen LogP contribution in [-0.2, 0) is 27.2 Å². The minimum absolute atomic E-state index is 0.139. The van der Waals surface area contributed by atoms with Crippen molar-refractivity contribution < 1.29 is 14.4 Å². The fraction of sp³-hybridized carbons (Fsp3) is 0.393. The molecule has 6 heteroatoms. The Bertz CT molecular complexity index is 1170. The molecule has 3 fully saturated rings. The molecule has 1 saturated heterocycles. The van der Waals surface area contributed by atoms with Crippen LogP contribution in [0.4, 0.5) is 5.69 Å². The molecule has 174 valence electrons. The maximum atomic E-state index is 13.7. The van der Waals surface area contributed by atoms with Crippen LogP contribution in [0.3, 0.4) is 0 Å². The van der Waals surface area contributed by atoms with E-state index in [9.17, 15) is 14.4 Å². The Kier molecular flexibility index (Phi) is 5.25. The lowest BCUT2D eigenvalue weighted by Crippen LogP contribution is -2.49. The lowest BCUT2D eigenvalue weighted by molar-refractivity contribution is -0.146. The van der Waals surface area contributed by atoms with Gasteiger partial charge in [-0.15, -0.1) is 0 Å². The van der Waals surface area contributed by atoms with Gasteiger partial charge >= 0.3 is 0 Å². The standard InChI is InChI=1S/C28H27BrN2O3/c1-2-16-13-17(29)8-11-22(16)30-26(32)23(12-15-6-4-3-5-7-15)31-27(33)24-18-9-10-19(21-14-20(18)21)25(24)28(31)34/h3-11,13,18-21,23-25H,2,12,14H2,1H3,(H,30,32)/t18-,19-,20-,21-,23+,24-,25+/m1/s1. The van der Waals surface area contributed by atoms with E-state index in [0.29, 0.717) is 23.9 Å². The van der Waals surface area contributed by atoms with Gasteiger partial charge in [-0.1, -0.05) is 65.3 Å². The molecule has 0 aromatic heterocycles. The van der Waals surface area contributed by atoms with Crippen LogP contribution < -0.4 is 5.32 Å². The summed E-state index contributed by atoms with van der Waals surface area (Å²) in [7, 11) is 0. The number of nitrogens with zero attached hydrogens (tertiary/aromatic N) is 1. The van der Waals surface area contributed by atoms with E-state index in [1.807, 2.05) is 55.5 Å². The number of benzene rings is 2. The molecule has 5 aliphatic rings. The van der Waals surface area contributed by atoms with Gasteiger partial charge in [-0.05, 0) is 65.8 Å². The van der Waals surface area contributed by atoms with Gasteiger partial charge in [0.2, 0.25) is 17.7 Å². The lowest BCUT2D eigenvalue weighted by Gasteiger charge is -2.37. The number of imide groups is 1. The van der Waals surface area contributed by atoms with Crippen LogP contribution in [0.5, 0.6) is 0 Å². The number of carbonyl (C=O) groups excluding carboxylic acids is 3. The topological polar surface area (TPSA) is 66.5 Å². The molecule has 0 unspecified atom stereocenters. The summed E-state index contributed by atoms with van der Waals surface area (Å²) in [5.74, 6) is 0.0808. The third kappa shape index (κ3) is 3.37. The second kappa shape index (κ2) is 8.19. The molecule has 2 aromatic carbocycles. The van der Waals surface area contributed by atoms with Gasteiger partial charge in [0.25, 0.3) is 0 Å². The normalized spacial score (nSPS) is 31.3. The van der Waals surface area contributed by atoms with E-state index >= 15 is 0 Å². The van der Waals surface area contributed by atoms with Crippen molar-refractivity contribution in [2.45, 2.75) is 32.2 Å². The highest BCUT2D eigenvalue weighted by molar-refractivity contribution is 9.10. The molecule has 1 heterocycles. The van der Waals surface area contributed by atoms with Crippen LogP contribution in [0.15, 0.2) is 65.2 Å². The molecule has 2 bridgehead atoms. The summed E-state index contributed by atoms with van der Waals surface area (Å²) in [6, 6.07) is 14.5. The van der Waals surface area contributed by atoms with Crippen LogP contribution in [0.25, 0.3) is 0 Å². The van der Waals surface area contributed by atoms with Crippen molar-refractivity contribution >= 4 is 39.3 Å². The summed E-state index contributed by atoms with van der Waals surface area (Å²) >= 11 is 3.49. The largest absolute Gasteiger partial charge is 0.324 e. The smallest absolute Gasteiger partial charge is 0.248 e. The highest BCUT2D eigenvalue weighted by Crippen LogP contribution is 2.65. The number of halogens is 1. The Hall–Kier alpha value is -2.73. The van der Waals surface area contributed by atoms with Gasteiger partial charge in [0, 0.05) is 16.6 Å². The summed E-state index contributed by atoms with van der Waals surface area (Å²) in [4.78, 5) is 42.5. The van der Waals surface area contributed by atoms with E-state index in [2.05, 4.69) is 33.4 Å². The molecule has 1 N–H and O–H groups in total. The van der Waals surface area contributed by atoms with E-state index in [0.717, 1.165) is 28.4 Å². The van der Waals surface area contributed by atoms with Crippen molar-refractivity contribution in [3.8, 4) is 0 Å². The molecule has 0 radical (unpaired) electrons. The molecule has 7 rings (SSSR count). The van der Waals surface area contributed by atoms with E-state index in [1.54, 1.807) is 0 Å². The molecular formula is C28H27BrN2O3. The Morgan fingerprint density at radius 2 is 1.68 bits per heavy atom. The van der Waals surface area contributed by atoms with Crippen molar-refractivity contribution in [3.05, 3.63) is 76.3 Å². The molecule has 4 aliphatic carbocycles. The molecule has 2 saturated carbocycles. The van der Waals surface area contributed by atoms with Crippen molar-refractivity contribution in [2.24, 2.45) is 35.5 Å². The fourth-order valence-electron chi connectivity index (χ4n) is 6.62. The number of amides is 3. The average Bonchev–Trinajstić information content (AvgIpc) is 3.63. The van der Waals surface area contributed by atoms with Crippen molar-refractivity contribution in [1.82, 2.24) is 4.90 Å². The second-order valence-corrected chi connectivity index (χ2v) is 11.0. The van der Waals surface area contributed by atoms with Gasteiger partial charge in [0.15, 0.2) is 0 Å². The number of aryl methyl sites for hydroxylation is 1. The number of likely N-dealkylation sites (tertiary alicyclic amines) is 1. The van der Waals surface area contributed by atoms with E-state index < -0.39 is 6.04 Å².